The van der Waals surface area contributed by atoms with Crippen molar-refractivity contribution < 1.29 is 9.21 Å². The molecule has 2 heterocycles. The number of hydrogen-bond acceptors (Lipinski definition) is 3. The van der Waals surface area contributed by atoms with Gasteiger partial charge in [0, 0.05) is 18.7 Å². The fraction of sp³-hybridized carbons (Fsp3) is 0.545. The lowest BCUT2D eigenvalue weighted by atomic mass is 9.99. The van der Waals surface area contributed by atoms with Gasteiger partial charge in [-0.25, -0.2) is 0 Å². The zero-order chi connectivity index (χ0) is 10.5. The highest BCUT2D eigenvalue weighted by molar-refractivity contribution is 5.78. The van der Waals surface area contributed by atoms with Crippen LogP contribution in [0.15, 0.2) is 23.0 Å². The highest BCUT2D eigenvalue weighted by Crippen LogP contribution is 2.10. The molecule has 2 N–H and O–H groups in total. The second kappa shape index (κ2) is 4.98. The molecular weight excluding hydrogens is 192 g/mol. The van der Waals surface area contributed by atoms with Crippen LogP contribution in [0.25, 0.3) is 0 Å². The summed E-state index contributed by atoms with van der Waals surface area (Å²) in [5.74, 6) is 0.272. The highest BCUT2D eigenvalue weighted by atomic mass is 16.3. The van der Waals surface area contributed by atoms with E-state index >= 15 is 0 Å². The minimum absolute atomic E-state index is 0.130. The van der Waals surface area contributed by atoms with Crippen LogP contribution in [-0.2, 0) is 11.3 Å². The van der Waals surface area contributed by atoms with Gasteiger partial charge in [-0.05, 0) is 25.5 Å². The third-order valence-electron chi connectivity index (χ3n) is 2.71. The molecule has 82 valence electrons. The van der Waals surface area contributed by atoms with E-state index in [0.29, 0.717) is 6.54 Å². The van der Waals surface area contributed by atoms with Crippen molar-refractivity contribution in [2.24, 2.45) is 5.92 Å². The minimum Gasteiger partial charge on any atom is -0.472 e. The lowest BCUT2D eigenvalue weighted by Gasteiger charge is -2.21. The van der Waals surface area contributed by atoms with Crippen molar-refractivity contribution in [3.8, 4) is 0 Å². The second-order valence-corrected chi connectivity index (χ2v) is 3.89. The SMILES string of the molecule is O=C(NCc1ccoc1)[C@@H]1CCCNC1. The van der Waals surface area contributed by atoms with E-state index in [1.54, 1.807) is 12.5 Å². The van der Waals surface area contributed by atoms with Crippen LogP contribution in [0, 0.1) is 5.92 Å². The average Bonchev–Trinajstić information content (AvgIpc) is 2.80. The maximum absolute atomic E-state index is 11.7. The lowest BCUT2D eigenvalue weighted by molar-refractivity contribution is -0.125. The fourth-order valence-corrected chi connectivity index (χ4v) is 1.80. The molecule has 0 aliphatic carbocycles. The van der Waals surface area contributed by atoms with Crippen molar-refractivity contribution in [3.05, 3.63) is 24.2 Å². The maximum Gasteiger partial charge on any atom is 0.224 e. The Bertz CT molecular complexity index is 302. The van der Waals surface area contributed by atoms with Gasteiger partial charge in [-0.3, -0.25) is 4.79 Å². The molecule has 1 fully saturated rings. The molecule has 0 saturated carbocycles. The van der Waals surface area contributed by atoms with Gasteiger partial charge in [0.15, 0.2) is 0 Å². The van der Waals surface area contributed by atoms with E-state index in [1.807, 2.05) is 6.07 Å². The van der Waals surface area contributed by atoms with Gasteiger partial charge in [0.05, 0.1) is 18.4 Å². The zero-order valence-corrected chi connectivity index (χ0v) is 8.66. The molecule has 0 bridgehead atoms. The Morgan fingerprint density at radius 3 is 3.27 bits per heavy atom. The van der Waals surface area contributed by atoms with E-state index in [1.165, 1.54) is 0 Å². The van der Waals surface area contributed by atoms with Crippen LogP contribution in [-0.4, -0.2) is 19.0 Å². The first-order valence-corrected chi connectivity index (χ1v) is 5.36. The van der Waals surface area contributed by atoms with Gasteiger partial charge < -0.3 is 15.1 Å². The molecule has 0 spiro atoms. The molecular formula is C11H16N2O2. The number of nitrogens with one attached hydrogen (secondary N) is 2. The number of amides is 1. The molecule has 0 unspecified atom stereocenters. The molecule has 2 rings (SSSR count). The number of furan rings is 1. The molecule has 1 atom stereocenters. The van der Waals surface area contributed by atoms with Crippen molar-refractivity contribution in [1.29, 1.82) is 0 Å². The lowest BCUT2D eigenvalue weighted by Crippen LogP contribution is -2.40. The first-order chi connectivity index (χ1) is 7.36. The summed E-state index contributed by atoms with van der Waals surface area (Å²) < 4.78 is 4.93. The van der Waals surface area contributed by atoms with Crippen LogP contribution in [0.2, 0.25) is 0 Å². The molecule has 1 aliphatic heterocycles. The van der Waals surface area contributed by atoms with E-state index in [9.17, 15) is 4.79 Å². The molecule has 4 heteroatoms. The number of carbonyl (C=O) groups is 1. The van der Waals surface area contributed by atoms with Gasteiger partial charge in [0.2, 0.25) is 5.91 Å². The maximum atomic E-state index is 11.7. The van der Waals surface area contributed by atoms with Crippen LogP contribution in [0.4, 0.5) is 0 Å². The molecule has 1 amide bonds. The van der Waals surface area contributed by atoms with Crippen LogP contribution < -0.4 is 10.6 Å². The smallest absolute Gasteiger partial charge is 0.224 e. The van der Waals surface area contributed by atoms with Crippen LogP contribution in [0.5, 0.6) is 0 Å². The molecule has 4 nitrogen and oxygen atoms in total. The second-order valence-electron chi connectivity index (χ2n) is 3.89. The van der Waals surface area contributed by atoms with Crippen LogP contribution in [0.3, 0.4) is 0 Å². The van der Waals surface area contributed by atoms with Gasteiger partial charge in [-0.2, -0.15) is 0 Å². The minimum atomic E-state index is 0.130. The average molecular weight is 208 g/mol. The number of carbonyl (C=O) groups excluding carboxylic acids is 1. The van der Waals surface area contributed by atoms with Gasteiger partial charge in [0.25, 0.3) is 0 Å². The number of rotatable bonds is 3. The van der Waals surface area contributed by atoms with Gasteiger partial charge in [0.1, 0.15) is 0 Å². The number of hydrogen-bond donors (Lipinski definition) is 2. The first kappa shape index (κ1) is 10.2. The Kier molecular flexibility index (Phi) is 3.40. The van der Waals surface area contributed by atoms with Gasteiger partial charge in [-0.1, -0.05) is 0 Å². The standard InChI is InChI=1S/C11H16N2O2/c14-11(10-2-1-4-12-7-10)13-6-9-3-5-15-8-9/h3,5,8,10,12H,1-2,4,6-7H2,(H,13,14)/t10-/m1/s1. The predicted molar refractivity (Wildman–Crippen MR) is 56.1 cm³/mol. The predicted octanol–water partition coefficient (Wildman–Crippen LogP) is 0.895. The van der Waals surface area contributed by atoms with Crippen molar-refractivity contribution in [2.75, 3.05) is 13.1 Å². The molecule has 1 aliphatic rings. The molecule has 1 saturated heterocycles. The van der Waals surface area contributed by atoms with Crippen molar-refractivity contribution in [1.82, 2.24) is 10.6 Å². The summed E-state index contributed by atoms with van der Waals surface area (Å²) in [5, 5.41) is 6.15. The molecule has 15 heavy (non-hydrogen) atoms. The van der Waals surface area contributed by atoms with Crippen LogP contribution >= 0.6 is 0 Å². The Balaban J connectivity index is 1.76. The number of piperidine rings is 1. The first-order valence-electron chi connectivity index (χ1n) is 5.36. The summed E-state index contributed by atoms with van der Waals surface area (Å²) in [6, 6.07) is 1.86. The van der Waals surface area contributed by atoms with Crippen molar-refractivity contribution >= 4 is 5.91 Å². The summed E-state index contributed by atoms with van der Waals surface area (Å²) in [6.07, 6.45) is 5.34. The summed E-state index contributed by atoms with van der Waals surface area (Å²) in [4.78, 5) is 11.7. The molecule has 0 aromatic carbocycles. The third-order valence-corrected chi connectivity index (χ3v) is 2.71. The van der Waals surface area contributed by atoms with Crippen molar-refractivity contribution in [2.45, 2.75) is 19.4 Å². The Labute approximate surface area is 89.0 Å². The van der Waals surface area contributed by atoms with Crippen molar-refractivity contribution in [3.63, 3.8) is 0 Å². The largest absolute Gasteiger partial charge is 0.472 e. The quantitative estimate of drug-likeness (QED) is 0.775. The van der Waals surface area contributed by atoms with E-state index in [4.69, 9.17) is 4.42 Å². The summed E-state index contributed by atoms with van der Waals surface area (Å²) in [7, 11) is 0. The topological polar surface area (TPSA) is 54.3 Å². The molecule has 1 aromatic rings. The third kappa shape index (κ3) is 2.83. The highest BCUT2D eigenvalue weighted by Gasteiger charge is 2.20. The van der Waals surface area contributed by atoms with E-state index < -0.39 is 0 Å². The Morgan fingerprint density at radius 1 is 1.67 bits per heavy atom. The summed E-state index contributed by atoms with van der Waals surface area (Å²) in [6.45, 7) is 2.40. The fourth-order valence-electron chi connectivity index (χ4n) is 1.80. The van der Waals surface area contributed by atoms with Gasteiger partial charge in [-0.15, -0.1) is 0 Å². The van der Waals surface area contributed by atoms with E-state index in [0.717, 1.165) is 31.5 Å². The monoisotopic (exact) mass is 208 g/mol. The normalized spacial score (nSPS) is 21.2. The van der Waals surface area contributed by atoms with E-state index in [2.05, 4.69) is 10.6 Å². The van der Waals surface area contributed by atoms with Crippen LogP contribution in [0.1, 0.15) is 18.4 Å². The van der Waals surface area contributed by atoms with Gasteiger partial charge >= 0.3 is 0 Å². The summed E-state index contributed by atoms with van der Waals surface area (Å²) >= 11 is 0. The Morgan fingerprint density at radius 2 is 2.60 bits per heavy atom. The zero-order valence-electron chi connectivity index (χ0n) is 8.66. The van der Waals surface area contributed by atoms with E-state index in [-0.39, 0.29) is 11.8 Å². The summed E-state index contributed by atoms with van der Waals surface area (Å²) in [5.41, 5.74) is 1.01. The Hall–Kier alpha value is -1.29. The molecule has 0 radical (unpaired) electrons. The molecule has 1 aromatic heterocycles.